The van der Waals surface area contributed by atoms with Crippen LogP contribution in [0.5, 0.6) is 0 Å². The zero-order valence-electron chi connectivity index (χ0n) is 13.5. The molecule has 8 nitrogen and oxygen atoms in total. The number of hydrogen-bond donors (Lipinski definition) is 1. The molecule has 25 heavy (non-hydrogen) atoms. The van der Waals surface area contributed by atoms with Gasteiger partial charge in [-0.25, -0.2) is 8.42 Å². The molecule has 0 atom stereocenters. The molecule has 0 aliphatic rings. The molecule has 0 unspecified atom stereocenters. The summed E-state index contributed by atoms with van der Waals surface area (Å²) in [5.41, 5.74) is 5.81. The summed E-state index contributed by atoms with van der Waals surface area (Å²) in [4.78, 5) is 22.6. The van der Waals surface area contributed by atoms with Gasteiger partial charge in [-0.1, -0.05) is 17.7 Å². The van der Waals surface area contributed by atoms with Crippen molar-refractivity contribution < 1.29 is 27.2 Å². The molecule has 0 spiro atoms. The summed E-state index contributed by atoms with van der Waals surface area (Å²) in [6, 6.07) is 9.42. The topological polar surface area (TPSA) is 120 Å². The lowest BCUT2D eigenvalue weighted by atomic mass is 10.2. The van der Waals surface area contributed by atoms with Gasteiger partial charge in [0, 0.05) is 0 Å². The fourth-order valence-corrected chi connectivity index (χ4v) is 3.35. The van der Waals surface area contributed by atoms with Crippen LogP contribution >= 0.6 is 0 Å². The summed E-state index contributed by atoms with van der Waals surface area (Å²) in [6.45, 7) is 0.481. The highest BCUT2D eigenvalue weighted by Gasteiger charge is 2.28. The number of nitrogens with zero attached hydrogens (tertiary/aromatic N) is 1. The van der Waals surface area contributed by atoms with Crippen molar-refractivity contribution in [3.8, 4) is 0 Å². The molecule has 134 valence electrons. The standard InChI is InChI=1S/C16H18N2O6S/c1-12-4-6-14(7-5-12)25(21,22)18(9-13-3-2-8-23-13)10-16(20)24-11-15(17)19/h2-8H,9-11H2,1H3,(H2,17,19). The minimum absolute atomic E-state index is 0.0346. The monoisotopic (exact) mass is 366 g/mol. The van der Waals surface area contributed by atoms with Gasteiger partial charge in [0.15, 0.2) is 6.61 Å². The number of carbonyl (C=O) groups excluding carboxylic acids is 2. The first-order valence-electron chi connectivity index (χ1n) is 7.32. The number of furan rings is 1. The molecule has 1 aromatic carbocycles. The van der Waals surface area contributed by atoms with Crippen molar-refractivity contribution in [2.24, 2.45) is 5.73 Å². The van der Waals surface area contributed by atoms with Gasteiger partial charge < -0.3 is 14.9 Å². The largest absolute Gasteiger partial charge is 0.468 e. The first kappa shape index (κ1) is 18.7. The molecule has 1 amide bonds. The molecule has 2 aromatic rings. The van der Waals surface area contributed by atoms with Crippen LogP contribution in [0.1, 0.15) is 11.3 Å². The fraction of sp³-hybridized carbons (Fsp3) is 0.250. The molecule has 0 fully saturated rings. The molecule has 2 rings (SSSR count). The number of rotatable bonds is 8. The van der Waals surface area contributed by atoms with E-state index in [1.54, 1.807) is 24.3 Å². The number of carbonyl (C=O) groups is 2. The Hall–Kier alpha value is -2.65. The average molecular weight is 366 g/mol. The first-order chi connectivity index (χ1) is 11.8. The van der Waals surface area contributed by atoms with Crippen LogP contribution in [0.25, 0.3) is 0 Å². The molecule has 0 radical (unpaired) electrons. The van der Waals surface area contributed by atoms with Crippen LogP contribution in [0.4, 0.5) is 0 Å². The Morgan fingerprint density at radius 1 is 1.20 bits per heavy atom. The molecule has 1 heterocycles. The van der Waals surface area contributed by atoms with E-state index in [0.29, 0.717) is 5.76 Å². The molecule has 2 N–H and O–H groups in total. The van der Waals surface area contributed by atoms with Gasteiger partial charge >= 0.3 is 5.97 Å². The lowest BCUT2D eigenvalue weighted by molar-refractivity contribution is -0.148. The Morgan fingerprint density at radius 2 is 1.88 bits per heavy atom. The number of sulfonamides is 1. The maximum Gasteiger partial charge on any atom is 0.321 e. The highest BCUT2D eigenvalue weighted by atomic mass is 32.2. The third kappa shape index (κ3) is 5.16. The van der Waals surface area contributed by atoms with Gasteiger partial charge in [0.2, 0.25) is 10.0 Å². The third-order valence-corrected chi connectivity index (χ3v) is 5.06. The molecule has 0 aliphatic heterocycles. The third-order valence-electron chi connectivity index (χ3n) is 3.25. The number of hydrogen-bond acceptors (Lipinski definition) is 6. The summed E-state index contributed by atoms with van der Waals surface area (Å²) in [5, 5.41) is 0. The van der Waals surface area contributed by atoms with Gasteiger partial charge in [0.1, 0.15) is 12.3 Å². The van der Waals surface area contributed by atoms with E-state index in [1.165, 1.54) is 18.4 Å². The van der Waals surface area contributed by atoms with Gasteiger partial charge in [-0.05, 0) is 31.2 Å². The van der Waals surface area contributed by atoms with Gasteiger partial charge in [-0.3, -0.25) is 9.59 Å². The highest BCUT2D eigenvalue weighted by molar-refractivity contribution is 7.89. The lowest BCUT2D eigenvalue weighted by Gasteiger charge is -2.20. The summed E-state index contributed by atoms with van der Waals surface area (Å²) in [7, 11) is -3.97. The van der Waals surface area contributed by atoms with Crippen LogP contribution in [0.15, 0.2) is 52.0 Å². The van der Waals surface area contributed by atoms with Crippen LogP contribution in [-0.2, 0) is 30.9 Å². The van der Waals surface area contributed by atoms with E-state index in [1.807, 2.05) is 6.92 Å². The average Bonchev–Trinajstić information content (AvgIpc) is 3.06. The molecule has 1 aromatic heterocycles. The zero-order chi connectivity index (χ0) is 18.4. The van der Waals surface area contributed by atoms with Crippen LogP contribution in [0.3, 0.4) is 0 Å². The highest BCUT2D eigenvalue weighted by Crippen LogP contribution is 2.19. The molecule has 0 bridgehead atoms. The van der Waals surface area contributed by atoms with E-state index >= 15 is 0 Å². The second kappa shape index (κ2) is 7.95. The number of nitrogens with two attached hydrogens (primary N) is 1. The van der Waals surface area contributed by atoms with E-state index in [-0.39, 0.29) is 11.4 Å². The van der Waals surface area contributed by atoms with Crippen molar-refractivity contribution in [1.29, 1.82) is 0 Å². The molecule has 0 saturated heterocycles. The van der Waals surface area contributed by atoms with Crippen molar-refractivity contribution >= 4 is 21.9 Å². The normalized spacial score (nSPS) is 11.4. The van der Waals surface area contributed by atoms with Crippen molar-refractivity contribution in [1.82, 2.24) is 4.31 Å². The van der Waals surface area contributed by atoms with Crippen LogP contribution < -0.4 is 5.73 Å². The van der Waals surface area contributed by atoms with Gasteiger partial charge in [-0.15, -0.1) is 0 Å². The second-order valence-corrected chi connectivity index (χ2v) is 7.23. The van der Waals surface area contributed by atoms with Crippen molar-refractivity contribution in [3.05, 3.63) is 54.0 Å². The maximum absolute atomic E-state index is 12.8. The van der Waals surface area contributed by atoms with Crippen molar-refractivity contribution in [2.75, 3.05) is 13.2 Å². The maximum atomic E-state index is 12.8. The predicted octanol–water partition coefficient (Wildman–Crippen LogP) is 0.807. The number of benzene rings is 1. The number of amides is 1. The summed E-state index contributed by atoms with van der Waals surface area (Å²) in [6.07, 6.45) is 1.40. The fourth-order valence-electron chi connectivity index (χ4n) is 2.00. The number of primary amides is 1. The summed E-state index contributed by atoms with van der Waals surface area (Å²) < 4.78 is 36.4. The number of esters is 1. The van der Waals surface area contributed by atoms with Crippen LogP contribution in [0.2, 0.25) is 0 Å². The first-order valence-corrected chi connectivity index (χ1v) is 8.76. The number of aryl methyl sites for hydroxylation is 1. The van der Waals surface area contributed by atoms with E-state index in [4.69, 9.17) is 10.2 Å². The molecule has 0 saturated carbocycles. The van der Waals surface area contributed by atoms with Crippen LogP contribution in [0, 0.1) is 6.92 Å². The molecular weight excluding hydrogens is 348 g/mol. The van der Waals surface area contributed by atoms with Crippen molar-refractivity contribution in [2.45, 2.75) is 18.4 Å². The zero-order valence-corrected chi connectivity index (χ0v) is 14.4. The van der Waals surface area contributed by atoms with Gasteiger partial charge in [0.05, 0.1) is 17.7 Å². The molecular formula is C16H18N2O6S. The lowest BCUT2D eigenvalue weighted by Crippen LogP contribution is -2.36. The van der Waals surface area contributed by atoms with Gasteiger partial charge in [-0.2, -0.15) is 4.31 Å². The Kier molecular flexibility index (Phi) is 5.94. The van der Waals surface area contributed by atoms with Gasteiger partial charge in [0.25, 0.3) is 5.91 Å². The smallest absolute Gasteiger partial charge is 0.321 e. The van der Waals surface area contributed by atoms with E-state index in [2.05, 4.69) is 4.74 Å². The number of ether oxygens (including phenoxy) is 1. The van der Waals surface area contributed by atoms with E-state index in [9.17, 15) is 18.0 Å². The minimum atomic E-state index is -3.97. The molecule has 0 aliphatic carbocycles. The Balaban J connectivity index is 2.25. The minimum Gasteiger partial charge on any atom is -0.468 e. The summed E-state index contributed by atoms with van der Waals surface area (Å²) in [5.74, 6) is -1.35. The predicted molar refractivity (Wildman–Crippen MR) is 87.6 cm³/mol. The Labute approximate surface area is 145 Å². The van der Waals surface area contributed by atoms with Crippen molar-refractivity contribution in [3.63, 3.8) is 0 Å². The Morgan fingerprint density at radius 3 is 2.44 bits per heavy atom. The SMILES string of the molecule is Cc1ccc(S(=O)(=O)N(CC(=O)OCC(N)=O)Cc2ccco2)cc1. The van der Waals surface area contributed by atoms with Crippen LogP contribution in [-0.4, -0.2) is 37.8 Å². The van der Waals surface area contributed by atoms with E-state index in [0.717, 1.165) is 9.87 Å². The second-order valence-electron chi connectivity index (χ2n) is 5.29. The summed E-state index contributed by atoms with van der Waals surface area (Å²) >= 11 is 0. The quantitative estimate of drug-likeness (QED) is 0.690. The van der Waals surface area contributed by atoms with E-state index < -0.39 is 35.1 Å². The molecule has 9 heteroatoms. The Bertz CT molecular complexity index is 828.